The van der Waals surface area contributed by atoms with Gasteiger partial charge in [-0.1, -0.05) is 38.1 Å². The molecule has 30 heavy (non-hydrogen) atoms. The van der Waals surface area contributed by atoms with Gasteiger partial charge in [0, 0.05) is 41.6 Å². The summed E-state index contributed by atoms with van der Waals surface area (Å²) < 4.78 is 0. The molecule has 0 aliphatic heterocycles. The van der Waals surface area contributed by atoms with Crippen LogP contribution in [-0.2, 0) is 16.0 Å². The molecule has 5 nitrogen and oxygen atoms in total. The molecule has 0 saturated heterocycles. The van der Waals surface area contributed by atoms with Crippen molar-refractivity contribution >= 4 is 22.6 Å². The van der Waals surface area contributed by atoms with Crippen molar-refractivity contribution in [3.63, 3.8) is 0 Å². The molecule has 5 heteroatoms. The van der Waals surface area contributed by atoms with E-state index in [9.17, 15) is 14.7 Å². The third-order valence-corrected chi connectivity index (χ3v) is 5.94. The lowest BCUT2D eigenvalue weighted by molar-refractivity contribution is -0.121. The second kappa shape index (κ2) is 8.44. The van der Waals surface area contributed by atoms with Crippen molar-refractivity contribution in [1.29, 1.82) is 0 Å². The minimum Gasteiger partial charge on any atom is -0.381 e. The molecule has 1 aromatic carbocycles. The number of aliphatic hydroxyl groups is 1. The Morgan fingerprint density at radius 1 is 1.30 bits per heavy atom. The molecule has 1 aliphatic rings. The lowest BCUT2D eigenvalue weighted by Crippen LogP contribution is -2.48. The van der Waals surface area contributed by atoms with Crippen molar-refractivity contribution in [1.82, 2.24) is 10.3 Å². The average Bonchev–Trinajstić information content (AvgIpc) is 3.07. The van der Waals surface area contributed by atoms with E-state index in [0.717, 1.165) is 17.5 Å². The Hall–Kier alpha value is -2.92. The van der Waals surface area contributed by atoms with E-state index >= 15 is 0 Å². The summed E-state index contributed by atoms with van der Waals surface area (Å²) in [6, 6.07) is 8.10. The van der Waals surface area contributed by atoms with Gasteiger partial charge in [-0.05, 0) is 55.2 Å². The zero-order chi connectivity index (χ0) is 21.9. The predicted octanol–water partition coefficient (Wildman–Crippen LogP) is 4.01. The Bertz CT molecular complexity index is 1060. The minimum atomic E-state index is -1.22. The molecule has 0 saturated carbocycles. The maximum absolute atomic E-state index is 12.3. The Balaban J connectivity index is 1.60. The first kappa shape index (κ1) is 21.8. The number of rotatable bonds is 6. The van der Waals surface area contributed by atoms with E-state index < -0.39 is 11.0 Å². The number of carbonyl (C=O) groups excluding carboxylic acids is 2. The highest BCUT2D eigenvalue weighted by Gasteiger charge is 2.46. The Morgan fingerprint density at radius 2 is 2.03 bits per heavy atom. The summed E-state index contributed by atoms with van der Waals surface area (Å²) in [7, 11) is 0. The van der Waals surface area contributed by atoms with Crippen LogP contribution in [0, 0.1) is 5.41 Å². The second-order valence-electron chi connectivity index (χ2n) is 8.74. The Kier molecular flexibility index (Phi) is 6.13. The number of fused-ring (bicyclic) bond motifs is 1. The molecular weight excluding hydrogens is 376 g/mol. The summed E-state index contributed by atoms with van der Waals surface area (Å²) in [5, 5.41) is 15.2. The smallest absolute Gasteiger partial charge is 0.244 e. The monoisotopic (exact) mass is 406 g/mol. The highest BCUT2D eigenvalue weighted by molar-refractivity contribution is 5.93. The Labute approximate surface area is 177 Å². The summed E-state index contributed by atoms with van der Waals surface area (Å²) in [6.07, 6.45) is 9.46. The van der Waals surface area contributed by atoms with Crippen molar-refractivity contribution in [2.75, 3.05) is 6.54 Å². The molecule has 0 radical (unpaired) electrons. The number of aromatic nitrogens is 1. The summed E-state index contributed by atoms with van der Waals surface area (Å²) in [5.41, 5.74) is 1.78. The van der Waals surface area contributed by atoms with E-state index in [1.807, 2.05) is 45.2 Å². The lowest BCUT2D eigenvalue weighted by atomic mass is 9.64. The van der Waals surface area contributed by atoms with Gasteiger partial charge in [0.05, 0.1) is 0 Å². The van der Waals surface area contributed by atoms with Gasteiger partial charge in [-0.25, -0.2) is 0 Å². The van der Waals surface area contributed by atoms with E-state index in [-0.39, 0.29) is 18.1 Å². The largest absolute Gasteiger partial charge is 0.381 e. The molecule has 0 fully saturated rings. The fourth-order valence-corrected chi connectivity index (χ4v) is 4.08. The van der Waals surface area contributed by atoms with Gasteiger partial charge in [0.2, 0.25) is 5.91 Å². The van der Waals surface area contributed by atoms with Crippen LogP contribution in [-0.4, -0.2) is 33.9 Å². The average molecular weight is 407 g/mol. The number of amides is 1. The molecule has 2 aromatic rings. The molecule has 158 valence electrons. The van der Waals surface area contributed by atoms with Crippen LogP contribution in [0.1, 0.15) is 39.7 Å². The van der Waals surface area contributed by atoms with Crippen LogP contribution in [0.4, 0.5) is 0 Å². The highest BCUT2D eigenvalue weighted by atomic mass is 16.3. The van der Waals surface area contributed by atoms with Crippen molar-refractivity contribution in [3.05, 3.63) is 71.5 Å². The van der Waals surface area contributed by atoms with Gasteiger partial charge in [-0.15, -0.1) is 0 Å². The number of H-pyrrole nitrogens is 1. The van der Waals surface area contributed by atoms with E-state index in [0.29, 0.717) is 12.1 Å². The van der Waals surface area contributed by atoms with E-state index in [4.69, 9.17) is 0 Å². The third-order valence-electron chi connectivity index (χ3n) is 5.94. The SMILES string of the molecule is CC1=CC(=O)CC(C)(C)C1(O)/C=C/C(C)=C\C(=O)NCCc1c[nH]c2ccccc12. The van der Waals surface area contributed by atoms with E-state index in [1.54, 1.807) is 19.1 Å². The fraction of sp³-hybridized carbons (Fsp3) is 0.360. The normalized spacial score (nSPS) is 21.8. The van der Waals surface area contributed by atoms with Gasteiger partial charge in [-0.2, -0.15) is 0 Å². The first-order valence-corrected chi connectivity index (χ1v) is 10.3. The summed E-state index contributed by atoms with van der Waals surface area (Å²) in [4.78, 5) is 27.3. The number of aromatic amines is 1. The van der Waals surface area contributed by atoms with Gasteiger partial charge in [-0.3, -0.25) is 9.59 Å². The molecule has 3 rings (SSSR count). The van der Waals surface area contributed by atoms with Crippen molar-refractivity contribution in [2.45, 2.75) is 46.1 Å². The number of hydrogen-bond donors (Lipinski definition) is 3. The van der Waals surface area contributed by atoms with Crippen molar-refractivity contribution in [2.24, 2.45) is 5.41 Å². The van der Waals surface area contributed by atoms with Gasteiger partial charge in [0.1, 0.15) is 5.60 Å². The van der Waals surface area contributed by atoms with Crippen LogP contribution in [0.2, 0.25) is 0 Å². The van der Waals surface area contributed by atoms with Crippen molar-refractivity contribution < 1.29 is 14.7 Å². The van der Waals surface area contributed by atoms with Crippen LogP contribution in [0.25, 0.3) is 10.9 Å². The fourth-order valence-electron chi connectivity index (χ4n) is 4.08. The molecule has 1 atom stereocenters. The van der Waals surface area contributed by atoms with E-state index in [2.05, 4.69) is 16.4 Å². The topological polar surface area (TPSA) is 82.2 Å². The quantitative estimate of drug-likeness (QED) is 0.501. The molecule has 1 heterocycles. The first-order valence-electron chi connectivity index (χ1n) is 10.3. The zero-order valence-electron chi connectivity index (χ0n) is 18.1. The maximum atomic E-state index is 12.3. The van der Waals surface area contributed by atoms with Crippen LogP contribution in [0.3, 0.4) is 0 Å². The molecule has 1 unspecified atom stereocenters. The Morgan fingerprint density at radius 3 is 2.77 bits per heavy atom. The molecule has 1 aliphatic carbocycles. The van der Waals surface area contributed by atoms with Gasteiger partial charge < -0.3 is 15.4 Å². The first-order chi connectivity index (χ1) is 14.1. The number of allylic oxidation sites excluding steroid dienone is 3. The number of benzene rings is 1. The van der Waals surface area contributed by atoms with Crippen LogP contribution in [0.5, 0.6) is 0 Å². The zero-order valence-corrected chi connectivity index (χ0v) is 18.1. The van der Waals surface area contributed by atoms with Gasteiger partial charge in [0.15, 0.2) is 5.78 Å². The molecule has 1 aromatic heterocycles. The second-order valence-corrected chi connectivity index (χ2v) is 8.74. The number of carbonyl (C=O) groups is 2. The third kappa shape index (κ3) is 4.46. The number of ketones is 1. The van der Waals surface area contributed by atoms with Gasteiger partial charge in [0.25, 0.3) is 0 Å². The molecule has 0 bridgehead atoms. The van der Waals surface area contributed by atoms with Crippen LogP contribution in [0.15, 0.2) is 65.9 Å². The van der Waals surface area contributed by atoms with Gasteiger partial charge >= 0.3 is 0 Å². The van der Waals surface area contributed by atoms with E-state index in [1.165, 1.54) is 23.1 Å². The summed E-state index contributed by atoms with van der Waals surface area (Å²) in [5.74, 6) is -0.147. The lowest BCUT2D eigenvalue weighted by Gasteiger charge is -2.44. The highest BCUT2D eigenvalue weighted by Crippen LogP contribution is 2.44. The number of nitrogens with one attached hydrogen (secondary N) is 2. The van der Waals surface area contributed by atoms with Crippen molar-refractivity contribution in [3.8, 4) is 0 Å². The maximum Gasteiger partial charge on any atom is 0.244 e. The summed E-state index contributed by atoms with van der Waals surface area (Å²) in [6.45, 7) is 7.87. The number of hydrogen-bond acceptors (Lipinski definition) is 3. The minimum absolute atomic E-state index is 0.0254. The molecular formula is C25H30N2O3. The molecule has 0 spiro atoms. The van der Waals surface area contributed by atoms with Crippen LogP contribution >= 0.6 is 0 Å². The number of para-hydroxylation sites is 1. The molecule has 3 N–H and O–H groups in total. The molecule has 1 amide bonds. The standard InChI is InChI=1S/C25H30N2O3/c1-17(9-11-25(30)18(2)14-20(28)15-24(25,3)4)13-23(29)26-12-10-19-16-27-22-8-6-5-7-21(19)22/h5-9,11,13-14,16,27,30H,10,12,15H2,1-4H3,(H,26,29)/b11-9+,17-13-. The predicted molar refractivity (Wildman–Crippen MR) is 120 cm³/mol. The summed E-state index contributed by atoms with van der Waals surface area (Å²) >= 11 is 0. The van der Waals surface area contributed by atoms with Crippen LogP contribution < -0.4 is 5.32 Å².